The second kappa shape index (κ2) is 11.3. The fourth-order valence-electron chi connectivity index (χ4n) is 2.58. The summed E-state index contributed by atoms with van der Waals surface area (Å²) in [5, 5.41) is 12.0. The fourth-order valence-corrected chi connectivity index (χ4v) is 2.58. The molecule has 6 heteroatoms. The molecule has 0 aliphatic heterocycles. The Kier molecular flexibility index (Phi) is 8.46. The van der Waals surface area contributed by atoms with Gasteiger partial charge in [-0.05, 0) is 42.8 Å². The number of rotatable bonds is 9. The molecule has 0 aliphatic carbocycles. The number of unbranched alkanes of at least 4 members (excludes halogenated alkanes) is 2. The molecule has 0 atom stereocenters. The molecule has 0 heterocycles. The summed E-state index contributed by atoms with van der Waals surface area (Å²) in [4.78, 5) is 24.4. The van der Waals surface area contributed by atoms with E-state index in [4.69, 9.17) is 9.47 Å². The van der Waals surface area contributed by atoms with Crippen LogP contribution in [0.15, 0.2) is 54.1 Å². The van der Waals surface area contributed by atoms with Gasteiger partial charge in [-0.2, -0.15) is 5.26 Å². The lowest BCUT2D eigenvalue weighted by molar-refractivity contribution is -0.112. The van der Waals surface area contributed by atoms with Gasteiger partial charge in [0.05, 0.1) is 19.3 Å². The highest BCUT2D eigenvalue weighted by Gasteiger charge is 2.12. The number of nitriles is 1. The minimum Gasteiger partial charge on any atom is -0.496 e. The summed E-state index contributed by atoms with van der Waals surface area (Å²) in [7, 11) is 1.52. The molecule has 0 unspecified atom stereocenters. The van der Waals surface area contributed by atoms with Gasteiger partial charge in [-0.15, -0.1) is 0 Å². The average Bonchev–Trinajstić information content (AvgIpc) is 2.75. The van der Waals surface area contributed by atoms with Crippen LogP contribution in [-0.4, -0.2) is 25.6 Å². The number of carbonyl (C=O) groups excluding carboxylic acids is 2. The molecule has 29 heavy (non-hydrogen) atoms. The number of nitrogens with zero attached hydrogens (tertiary/aromatic N) is 1. The SMILES string of the molecule is CCCCCOC(=O)c1ccc(NC(=O)/C(C#N)=C/c2ccccc2OC)cc1. The monoisotopic (exact) mass is 392 g/mol. The van der Waals surface area contributed by atoms with Crippen molar-refractivity contribution in [2.24, 2.45) is 0 Å². The molecule has 2 rings (SSSR count). The summed E-state index contributed by atoms with van der Waals surface area (Å²) >= 11 is 0. The first kappa shape index (κ1) is 21.7. The first-order valence-corrected chi connectivity index (χ1v) is 9.42. The van der Waals surface area contributed by atoms with Gasteiger partial charge in [-0.25, -0.2) is 4.79 Å². The number of hydrogen-bond donors (Lipinski definition) is 1. The molecular weight excluding hydrogens is 368 g/mol. The van der Waals surface area contributed by atoms with Crippen LogP contribution in [0.5, 0.6) is 5.75 Å². The van der Waals surface area contributed by atoms with Crippen molar-refractivity contribution in [2.45, 2.75) is 26.2 Å². The van der Waals surface area contributed by atoms with E-state index in [1.165, 1.54) is 13.2 Å². The standard InChI is InChI=1S/C23H24N2O4/c1-3-4-7-14-29-23(27)17-10-12-20(13-11-17)25-22(26)19(16-24)15-18-8-5-6-9-21(18)28-2/h5-6,8-13,15H,3-4,7,14H2,1-2H3,(H,25,26)/b19-15+. The molecule has 0 radical (unpaired) electrons. The number of benzene rings is 2. The van der Waals surface area contributed by atoms with Crippen molar-refractivity contribution in [3.63, 3.8) is 0 Å². The Morgan fingerprint density at radius 1 is 1.10 bits per heavy atom. The Morgan fingerprint density at radius 2 is 1.83 bits per heavy atom. The zero-order valence-electron chi connectivity index (χ0n) is 16.6. The molecule has 0 aliphatic rings. The van der Waals surface area contributed by atoms with E-state index in [0.29, 0.717) is 29.2 Å². The molecular formula is C23H24N2O4. The number of hydrogen-bond acceptors (Lipinski definition) is 5. The largest absolute Gasteiger partial charge is 0.496 e. The quantitative estimate of drug-likeness (QED) is 0.292. The molecule has 0 fully saturated rings. The molecule has 2 aromatic rings. The van der Waals surface area contributed by atoms with Gasteiger partial charge in [-0.1, -0.05) is 38.0 Å². The van der Waals surface area contributed by atoms with Gasteiger partial charge in [0.25, 0.3) is 5.91 Å². The molecule has 0 aromatic heterocycles. The van der Waals surface area contributed by atoms with Crippen molar-refractivity contribution >= 4 is 23.6 Å². The maximum atomic E-state index is 12.4. The minimum absolute atomic E-state index is 0.0612. The van der Waals surface area contributed by atoms with E-state index in [9.17, 15) is 14.9 Å². The summed E-state index contributed by atoms with van der Waals surface area (Å²) in [6.45, 7) is 2.47. The zero-order chi connectivity index (χ0) is 21.1. The van der Waals surface area contributed by atoms with Gasteiger partial charge in [-0.3, -0.25) is 4.79 Å². The number of nitrogens with one attached hydrogen (secondary N) is 1. The van der Waals surface area contributed by atoms with Crippen LogP contribution in [0, 0.1) is 11.3 Å². The van der Waals surface area contributed by atoms with Crippen LogP contribution in [0.3, 0.4) is 0 Å². The van der Waals surface area contributed by atoms with E-state index < -0.39 is 11.9 Å². The molecule has 6 nitrogen and oxygen atoms in total. The maximum Gasteiger partial charge on any atom is 0.338 e. The van der Waals surface area contributed by atoms with Crippen molar-refractivity contribution < 1.29 is 19.1 Å². The lowest BCUT2D eigenvalue weighted by Crippen LogP contribution is -2.14. The van der Waals surface area contributed by atoms with E-state index >= 15 is 0 Å². The summed E-state index contributed by atoms with van der Waals surface area (Å²) in [6, 6.07) is 15.4. The van der Waals surface area contributed by atoms with E-state index in [-0.39, 0.29) is 5.57 Å². The fraction of sp³-hybridized carbons (Fsp3) is 0.261. The number of esters is 1. The van der Waals surface area contributed by atoms with Crippen molar-refractivity contribution in [3.05, 3.63) is 65.2 Å². The van der Waals surface area contributed by atoms with Crippen LogP contribution < -0.4 is 10.1 Å². The summed E-state index contributed by atoms with van der Waals surface area (Å²) in [6.07, 6.45) is 4.38. The number of methoxy groups -OCH3 is 1. The molecule has 0 saturated heterocycles. The van der Waals surface area contributed by atoms with Crippen molar-refractivity contribution in [1.29, 1.82) is 5.26 Å². The van der Waals surface area contributed by atoms with E-state index in [1.807, 2.05) is 6.07 Å². The Labute approximate surface area is 170 Å². The molecule has 0 saturated carbocycles. The normalized spacial score (nSPS) is 10.7. The summed E-state index contributed by atoms with van der Waals surface area (Å²) < 4.78 is 10.4. The Bertz CT molecular complexity index is 911. The molecule has 2 aromatic carbocycles. The highest BCUT2D eigenvalue weighted by atomic mass is 16.5. The van der Waals surface area contributed by atoms with E-state index in [2.05, 4.69) is 12.2 Å². The highest BCUT2D eigenvalue weighted by molar-refractivity contribution is 6.10. The van der Waals surface area contributed by atoms with Crippen LogP contribution in [-0.2, 0) is 9.53 Å². The van der Waals surface area contributed by atoms with Crippen molar-refractivity contribution in [3.8, 4) is 11.8 Å². The smallest absolute Gasteiger partial charge is 0.338 e. The third-order valence-electron chi connectivity index (χ3n) is 4.16. The first-order valence-electron chi connectivity index (χ1n) is 9.42. The van der Waals surface area contributed by atoms with Gasteiger partial charge in [0.2, 0.25) is 0 Å². The molecule has 1 N–H and O–H groups in total. The zero-order valence-corrected chi connectivity index (χ0v) is 16.6. The van der Waals surface area contributed by atoms with Crippen LogP contribution in [0.4, 0.5) is 5.69 Å². The van der Waals surface area contributed by atoms with Crippen LogP contribution in [0.25, 0.3) is 6.08 Å². The molecule has 0 spiro atoms. The van der Waals surface area contributed by atoms with Gasteiger partial charge in [0.1, 0.15) is 17.4 Å². The maximum absolute atomic E-state index is 12.4. The summed E-state index contributed by atoms with van der Waals surface area (Å²) in [5.74, 6) is -0.379. The van der Waals surface area contributed by atoms with Gasteiger partial charge in [0.15, 0.2) is 0 Å². The number of para-hydroxylation sites is 1. The van der Waals surface area contributed by atoms with Gasteiger partial charge < -0.3 is 14.8 Å². The second-order valence-corrected chi connectivity index (χ2v) is 6.29. The topological polar surface area (TPSA) is 88.4 Å². The predicted octanol–water partition coefficient (Wildman–Crippen LogP) is 4.59. The Hall–Kier alpha value is -3.59. The second-order valence-electron chi connectivity index (χ2n) is 6.29. The lowest BCUT2D eigenvalue weighted by Gasteiger charge is -2.08. The van der Waals surface area contributed by atoms with Crippen molar-refractivity contribution in [2.75, 3.05) is 19.0 Å². The average molecular weight is 392 g/mol. The first-order chi connectivity index (χ1) is 14.1. The van der Waals surface area contributed by atoms with Crippen LogP contribution in [0.1, 0.15) is 42.1 Å². The number of ether oxygens (including phenoxy) is 2. The summed E-state index contributed by atoms with van der Waals surface area (Å²) in [5.41, 5.74) is 1.44. The Morgan fingerprint density at radius 3 is 2.48 bits per heavy atom. The predicted molar refractivity (Wildman–Crippen MR) is 111 cm³/mol. The van der Waals surface area contributed by atoms with Crippen molar-refractivity contribution in [1.82, 2.24) is 0 Å². The molecule has 1 amide bonds. The van der Waals surface area contributed by atoms with Crippen LogP contribution in [0.2, 0.25) is 0 Å². The van der Waals surface area contributed by atoms with Gasteiger partial charge >= 0.3 is 5.97 Å². The van der Waals surface area contributed by atoms with E-state index in [1.54, 1.807) is 48.5 Å². The third-order valence-corrected chi connectivity index (χ3v) is 4.16. The molecule has 0 bridgehead atoms. The molecule has 150 valence electrons. The third kappa shape index (κ3) is 6.51. The van der Waals surface area contributed by atoms with Crippen LogP contribution >= 0.6 is 0 Å². The Balaban J connectivity index is 2.03. The van der Waals surface area contributed by atoms with Gasteiger partial charge in [0, 0.05) is 11.3 Å². The number of carbonyl (C=O) groups is 2. The minimum atomic E-state index is -0.548. The number of amides is 1. The van der Waals surface area contributed by atoms with E-state index in [0.717, 1.165) is 19.3 Å². The lowest BCUT2D eigenvalue weighted by atomic mass is 10.1. The highest BCUT2D eigenvalue weighted by Crippen LogP contribution is 2.21. The number of anilines is 1.